The Morgan fingerprint density at radius 3 is 3.40 bits per heavy atom. The molecule has 0 saturated carbocycles. The number of hydrogen-bond acceptors (Lipinski definition) is 2. The lowest BCUT2D eigenvalue weighted by molar-refractivity contribution is -0.124. The Morgan fingerprint density at radius 1 is 1.60 bits per heavy atom. The summed E-state index contributed by atoms with van der Waals surface area (Å²) >= 11 is 0. The molecule has 56 valence electrons. The zero-order chi connectivity index (χ0) is 6.97. The summed E-state index contributed by atoms with van der Waals surface area (Å²) in [5.74, 6) is 0.193. The van der Waals surface area contributed by atoms with Crippen LogP contribution in [0.1, 0.15) is 12.8 Å². The number of hydrogen-bond donors (Lipinski definition) is 1. The third-order valence-electron chi connectivity index (χ3n) is 2.38. The lowest BCUT2D eigenvalue weighted by Crippen LogP contribution is -2.51. The van der Waals surface area contributed by atoms with Gasteiger partial charge < -0.3 is 5.32 Å². The van der Waals surface area contributed by atoms with E-state index >= 15 is 0 Å². The maximum Gasteiger partial charge on any atom is 0.234 e. The minimum absolute atomic E-state index is 0.193. The van der Waals surface area contributed by atoms with E-state index in [9.17, 15) is 4.79 Å². The molecule has 2 aliphatic rings. The van der Waals surface area contributed by atoms with Crippen LogP contribution in [0.4, 0.5) is 0 Å². The number of nitrogens with one attached hydrogen (secondary N) is 1. The van der Waals surface area contributed by atoms with Gasteiger partial charge in [-0.1, -0.05) is 0 Å². The van der Waals surface area contributed by atoms with E-state index in [0.717, 1.165) is 13.1 Å². The van der Waals surface area contributed by atoms with Crippen molar-refractivity contribution in [3.8, 4) is 0 Å². The van der Waals surface area contributed by atoms with Crippen LogP contribution in [-0.2, 0) is 4.79 Å². The molecule has 2 saturated heterocycles. The predicted octanol–water partition coefficient (Wildman–Crippen LogP) is -0.419. The maximum atomic E-state index is 10.9. The van der Waals surface area contributed by atoms with E-state index in [1.54, 1.807) is 0 Å². The molecule has 0 aromatic carbocycles. The van der Waals surface area contributed by atoms with Crippen LogP contribution in [0.3, 0.4) is 0 Å². The van der Waals surface area contributed by atoms with Crippen molar-refractivity contribution in [2.75, 3.05) is 19.6 Å². The fourth-order valence-corrected chi connectivity index (χ4v) is 1.81. The quantitative estimate of drug-likeness (QED) is 0.495. The highest BCUT2D eigenvalue weighted by Crippen LogP contribution is 2.17. The molecule has 0 aliphatic carbocycles. The molecule has 2 heterocycles. The highest BCUT2D eigenvalue weighted by molar-refractivity contribution is 5.78. The fourth-order valence-electron chi connectivity index (χ4n) is 1.81. The number of carbonyl (C=O) groups excluding carboxylic acids is 1. The van der Waals surface area contributed by atoms with Crippen LogP contribution in [0, 0.1) is 0 Å². The van der Waals surface area contributed by atoms with Crippen molar-refractivity contribution < 1.29 is 4.79 Å². The molecular formula is C7H12N2O. The summed E-state index contributed by atoms with van der Waals surface area (Å²) in [5, 5.41) is 2.87. The molecule has 0 aromatic heterocycles. The number of fused-ring (bicyclic) bond motifs is 1. The van der Waals surface area contributed by atoms with Gasteiger partial charge in [0.1, 0.15) is 0 Å². The van der Waals surface area contributed by atoms with Crippen molar-refractivity contribution in [1.29, 1.82) is 0 Å². The van der Waals surface area contributed by atoms with Crippen LogP contribution >= 0.6 is 0 Å². The zero-order valence-electron chi connectivity index (χ0n) is 5.97. The average molecular weight is 140 g/mol. The number of nitrogens with zero attached hydrogens (tertiary/aromatic N) is 1. The summed E-state index contributed by atoms with van der Waals surface area (Å²) in [6, 6.07) is 0.651. The van der Waals surface area contributed by atoms with Gasteiger partial charge in [0.05, 0.1) is 6.54 Å². The first-order chi connectivity index (χ1) is 4.86. The second kappa shape index (κ2) is 2.23. The van der Waals surface area contributed by atoms with Crippen LogP contribution in [0.25, 0.3) is 0 Å². The molecule has 2 fully saturated rings. The minimum Gasteiger partial charge on any atom is -0.353 e. The van der Waals surface area contributed by atoms with E-state index in [4.69, 9.17) is 0 Å². The first-order valence-electron chi connectivity index (χ1n) is 3.87. The van der Waals surface area contributed by atoms with E-state index in [1.807, 2.05) is 0 Å². The number of amides is 1. The SMILES string of the molecule is O=C1CN2CCC[C@@H]2CN1. The van der Waals surface area contributed by atoms with Gasteiger partial charge in [0, 0.05) is 12.6 Å². The topological polar surface area (TPSA) is 32.3 Å². The fraction of sp³-hybridized carbons (Fsp3) is 0.857. The molecule has 1 N–H and O–H groups in total. The normalized spacial score (nSPS) is 33.6. The first kappa shape index (κ1) is 6.16. The van der Waals surface area contributed by atoms with E-state index in [-0.39, 0.29) is 5.91 Å². The van der Waals surface area contributed by atoms with Gasteiger partial charge in [-0.2, -0.15) is 0 Å². The Balaban J connectivity index is 2.03. The zero-order valence-corrected chi connectivity index (χ0v) is 5.97. The van der Waals surface area contributed by atoms with Crippen molar-refractivity contribution in [2.24, 2.45) is 0 Å². The van der Waals surface area contributed by atoms with Gasteiger partial charge in [-0.25, -0.2) is 0 Å². The minimum atomic E-state index is 0.193. The average Bonchev–Trinajstić information content (AvgIpc) is 2.33. The van der Waals surface area contributed by atoms with E-state index in [2.05, 4.69) is 10.2 Å². The summed E-state index contributed by atoms with van der Waals surface area (Å²) in [7, 11) is 0. The van der Waals surface area contributed by atoms with Gasteiger partial charge in [0.2, 0.25) is 5.91 Å². The number of rotatable bonds is 0. The van der Waals surface area contributed by atoms with E-state index in [1.165, 1.54) is 12.8 Å². The molecule has 1 atom stereocenters. The van der Waals surface area contributed by atoms with E-state index < -0.39 is 0 Å². The Labute approximate surface area is 60.4 Å². The third-order valence-corrected chi connectivity index (χ3v) is 2.38. The lowest BCUT2D eigenvalue weighted by atomic mass is 10.2. The van der Waals surface area contributed by atoms with Gasteiger partial charge in [-0.15, -0.1) is 0 Å². The summed E-state index contributed by atoms with van der Waals surface area (Å²) in [4.78, 5) is 13.1. The summed E-state index contributed by atoms with van der Waals surface area (Å²) in [6.45, 7) is 2.63. The van der Waals surface area contributed by atoms with Crippen molar-refractivity contribution >= 4 is 5.91 Å². The largest absolute Gasteiger partial charge is 0.353 e. The maximum absolute atomic E-state index is 10.9. The molecule has 3 heteroatoms. The number of piperazine rings is 1. The van der Waals surface area contributed by atoms with Gasteiger partial charge in [-0.05, 0) is 19.4 Å². The summed E-state index contributed by atoms with van der Waals surface area (Å²) in [5.41, 5.74) is 0. The lowest BCUT2D eigenvalue weighted by Gasteiger charge is -2.28. The van der Waals surface area contributed by atoms with E-state index in [0.29, 0.717) is 12.6 Å². The smallest absolute Gasteiger partial charge is 0.234 e. The van der Waals surface area contributed by atoms with Crippen LogP contribution in [0.5, 0.6) is 0 Å². The Hall–Kier alpha value is -0.570. The molecule has 10 heavy (non-hydrogen) atoms. The van der Waals surface area contributed by atoms with Crippen LogP contribution in [-0.4, -0.2) is 36.5 Å². The molecule has 0 unspecified atom stereocenters. The standard InChI is InChI=1S/C7H12N2O/c10-7-5-9-3-1-2-6(9)4-8-7/h6H,1-5H2,(H,8,10)/t6-/m1/s1. The molecule has 3 nitrogen and oxygen atoms in total. The molecule has 2 rings (SSSR count). The molecule has 0 aromatic rings. The summed E-state index contributed by atoms with van der Waals surface area (Å²) < 4.78 is 0. The van der Waals surface area contributed by atoms with Crippen molar-refractivity contribution in [3.63, 3.8) is 0 Å². The monoisotopic (exact) mass is 140 g/mol. The third kappa shape index (κ3) is 0.904. The van der Waals surface area contributed by atoms with Gasteiger partial charge in [-0.3, -0.25) is 9.69 Å². The second-order valence-electron chi connectivity index (χ2n) is 3.07. The van der Waals surface area contributed by atoms with Gasteiger partial charge >= 0.3 is 0 Å². The molecule has 1 amide bonds. The van der Waals surface area contributed by atoms with Crippen molar-refractivity contribution in [1.82, 2.24) is 10.2 Å². The van der Waals surface area contributed by atoms with Crippen LogP contribution in [0.2, 0.25) is 0 Å². The van der Waals surface area contributed by atoms with Crippen molar-refractivity contribution in [3.05, 3.63) is 0 Å². The molecular weight excluding hydrogens is 128 g/mol. The number of carbonyl (C=O) groups is 1. The second-order valence-corrected chi connectivity index (χ2v) is 3.07. The Morgan fingerprint density at radius 2 is 2.50 bits per heavy atom. The molecule has 0 radical (unpaired) electrons. The Bertz CT molecular complexity index is 158. The molecule has 2 aliphatic heterocycles. The summed E-state index contributed by atoms with van der Waals surface area (Å²) in [6.07, 6.45) is 2.53. The van der Waals surface area contributed by atoms with Crippen LogP contribution in [0.15, 0.2) is 0 Å². The highest BCUT2D eigenvalue weighted by Gasteiger charge is 2.29. The molecule has 0 bridgehead atoms. The van der Waals surface area contributed by atoms with Gasteiger partial charge in [0.15, 0.2) is 0 Å². The molecule has 0 spiro atoms. The highest BCUT2D eigenvalue weighted by atomic mass is 16.2. The van der Waals surface area contributed by atoms with Crippen LogP contribution < -0.4 is 5.32 Å². The Kier molecular flexibility index (Phi) is 1.38. The van der Waals surface area contributed by atoms with Crippen molar-refractivity contribution in [2.45, 2.75) is 18.9 Å². The van der Waals surface area contributed by atoms with Gasteiger partial charge in [0.25, 0.3) is 0 Å². The first-order valence-corrected chi connectivity index (χ1v) is 3.87. The predicted molar refractivity (Wildman–Crippen MR) is 37.6 cm³/mol.